The average molecular weight is 217 g/mol. The number of halogens is 2. The first-order valence-corrected chi connectivity index (χ1v) is 3.80. The molecule has 1 heterocycles. The van der Waals surface area contributed by atoms with E-state index in [1.165, 1.54) is 4.90 Å². The fourth-order valence-electron chi connectivity index (χ4n) is 1.36. The fraction of sp³-hybridized carbons (Fsp3) is 0.857. The Hall–Kier alpha value is 0.926. The Labute approximate surface area is 118 Å². The zero-order chi connectivity index (χ0) is 9.19. The smallest absolute Gasteiger partial charge is 0.549 e. The molecule has 0 spiro atoms. The molecule has 1 saturated heterocycles. The summed E-state index contributed by atoms with van der Waals surface area (Å²) in [6.45, 7) is -0.430. The van der Waals surface area contributed by atoms with Gasteiger partial charge in [-0.25, -0.2) is 8.78 Å². The van der Waals surface area contributed by atoms with E-state index < -0.39 is 25.0 Å². The molecule has 1 fully saturated rings. The molecule has 0 bridgehead atoms. The summed E-state index contributed by atoms with van der Waals surface area (Å²) in [5.41, 5.74) is 0. The molecule has 0 amide bonds. The quantitative estimate of drug-likeness (QED) is 0.450. The summed E-state index contributed by atoms with van der Waals surface area (Å²) in [5, 5.41) is 10.1. The number of carbonyl (C=O) groups excluding carboxylic acids is 1. The Morgan fingerprint density at radius 3 is 2.62 bits per heavy atom. The van der Waals surface area contributed by atoms with E-state index in [0.29, 0.717) is 13.0 Å². The summed E-state index contributed by atoms with van der Waals surface area (Å²) in [4.78, 5) is 11.3. The molecule has 0 atom stereocenters. The van der Waals surface area contributed by atoms with Gasteiger partial charge in [-0.3, -0.25) is 4.90 Å². The van der Waals surface area contributed by atoms with Crippen molar-refractivity contribution in [2.45, 2.75) is 18.8 Å². The topological polar surface area (TPSA) is 43.4 Å². The van der Waals surface area contributed by atoms with Gasteiger partial charge in [0.25, 0.3) is 5.92 Å². The molecule has 0 aromatic heterocycles. The zero-order valence-electron chi connectivity index (χ0n) is 7.56. The van der Waals surface area contributed by atoms with E-state index in [1.807, 2.05) is 0 Å². The Kier molecular flexibility index (Phi) is 6.13. The summed E-state index contributed by atoms with van der Waals surface area (Å²) in [6, 6.07) is 0. The number of carboxylic acid groups (broad SMARTS) is 1. The van der Waals surface area contributed by atoms with Crippen molar-refractivity contribution in [1.82, 2.24) is 4.90 Å². The fourth-order valence-corrected chi connectivity index (χ4v) is 1.36. The third-order valence-electron chi connectivity index (χ3n) is 1.82. The maximum atomic E-state index is 12.6. The van der Waals surface area contributed by atoms with E-state index in [-0.39, 0.29) is 57.8 Å². The Morgan fingerprint density at radius 2 is 2.15 bits per heavy atom. The molecule has 3 nitrogen and oxygen atoms in total. The van der Waals surface area contributed by atoms with Gasteiger partial charge in [-0.05, 0) is 13.0 Å². The maximum Gasteiger partial charge on any atom is 1.00 e. The van der Waals surface area contributed by atoms with Crippen LogP contribution >= 0.6 is 0 Å². The zero-order valence-corrected chi connectivity index (χ0v) is 10.7. The van der Waals surface area contributed by atoms with Gasteiger partial charge in [0.2, 0.25) is 0 Å². The minimum atomic E-state index is -2.73. The Balaban J connectivity index is 0.00000144. The average Bonchev–Trinajstić information content (AvgIpc) is 1.82. The molecule has 0 aromatic carbocycles. The van der Waals surface area contributed by atoms with Crippen LogP contribution in [0.1, 0.15) is 12.8 Å². The van der Waals surface area contributed by atoms with Gasteiger partial charge in [0.15, 0.2) is 0 Å². The van der Waals surface area contributed by atoms with Crippen molar-refractivity contribution in [3.05, 3.63) is 0 Å². The van der Waals surface area contributed by atoms with Crippen LogP contribution in [-0.2, 0) is 4.79 Å². The van der Waals surface area contributed by atoms with Gasteiger partial charge >= 0.3 is 51.4 Å². The molecule has 0 N–H and O–H groups in total. The number of carbonyl (C=O) groups is 1. The van der Waals surface area contributed by atoms with Crippen LogP contribution in [0.2, 0.25) is 0 Å². The van der Waals surface area contributed by atoms with E-state index in [9.17, 15) is 18.7 Å². The Morgan fingerprint density at radius 1 is 1.54 bits per heavy atom. The molecular weight excluding hydrogens is 207 g/mol. The monoisotopic (exact) mass is 217 g/mol. The van der Waals surface area contributed by atoms with Gasteiger partial charge in [0, 0.05) is 13.0 Å². The molecule has 0 radical (unpaired) electrons. The first-order chi connectivity index (χ1) is 5.49. The van der Waals surface area contributed by atoms with Crippen LogP contribution in [-0.4, -0.2) is 36.4 Å². The predicted octanol–water partition coefficient (Wildman–Crippen LogP) is -3.53. The number of rotatable bonds is 2. The number of aliphatic carboxylic acids is 1. The van der Waals surface area contributed by atoms with E-state index in [2.05, 4.69) is 0 Å². The first kappa shape index (κ1) is 13.9. The van der Waals surface area contributed by atoms with Gasteiger partial charge in [-0.15, -0.1) is 0 Å². The van der Waals surface area contributed by atoms with Crippen LogP contribution in [0.15, 0.2) is 0 Å². The molecule has 13 heavy (non-hydrogen) atoms. The summed E-state index contributed by atoms with van der Waals surface area (Å²) >= 11 is 0. The van der Waals surface area contributed by atoms with Crippen LogP contribution in [0.25, 0.3) is 0 Å². The van der Waals surface area contributed by atoms with Crippen molar-refractivity contribution in [3.8, 4) is 0 Å². The Bertz CT molecular complexity index is 189. The van der Waals surface area contributed by atoms with Crippen LogP contribution in [0.5, 0.6) is 0 Å². The molecule has 0 saturated carbocycles. The van der Waals surface area contributed by atoms with Crippen molar-refractivity contribution in [1.29, 1.82) is 0 Å². The van der Waals surface area contributed by atoms with Crippen LogP contribution < -0.4 is 56.5 Å². The van der Waals surface area contributed by atoms with Crippen LogP contribution in [0.3, 0.4) is 0 Å². The van der Waals surface area contributed by atoms with Gasteiger partial charge < -0.3 is 9.90 Å². The van der Waals surface area contributed by atoms with Gasteiger partial charge in [-0.1, -0.05) is 0 Å². The van der Waals surface area contributed by atoms with Gasteiger partial charge in [0.05, 0.1) is 12.5 Å². The predicted molar refractivity (Wildman–Crippen MR) is 35.6 cm³/mol. The second kappa shape index (κ2) is 5.72. The summed E-state index contributed by atoms with van der Waals surface area (Å²) < 4.78 is 25.3. The number of hydrogen-bond acceptors (Lipinski definition) is 3. The molecule has 6 heteroatoms. The maximum absolute atomic E-state index is 12.6. The third kappa shape index (κ3) is 5.39. The van der Waals surface area contributed by atoms with Crippen molar-refractivity contribution in [2.75, 3.05) is 19.6 Å². The minimum absolute atomic E-state index is 0. The molecule has 70 valence electrons. The standard InChI is InChI=1S/C7H11F2NO2.K/c8-7(9)2-1-3-10(5-7)4-6(11)12;/h1-5H2,(H,11,12);/q;+1/p-1. The van der Waals surface area contributed by atoms with Crippen LogP contribution in [0.4, 0.5) is 8.78 Å². The normalized spacial score (nSPS) is 22.0. The van der Waals surface area contributed by atoms with E-state index in [4.69, 9.17) is 0 Å². The molecular formula is C7H10F2KNO2. The summed E-state index contributed by atoms with van der Waals surface area (Å²) in [6.07, 6.45) is 0.205. The minimum Gasteiger partial charge on any atom is -0.549 e. The van der Waals surface area contributed by atoms with Crippen LogP contribution in [0, 0.1) is 0 Å². The van der Waals surface area contributed by atoms with Gasteiger partial charge in [-0.2, -0.15) is 0 Å². The summed E-state index contributed by atoms with van der Waals surface area (Å²) in [7, 11) is 0. The number of likely N-dealkylation sites (tertiary alicyclic amines) is 1. The second-order valence-electron chi connectivity index (χ2n) is 3.04. The van der Waals surface area contributed by atoms with Crippen molar-refractivity contribution >= 4 is 5.97 Å². The largest absolute Gasteiger partial charge is 1.00 e. The molecule has 0 unspecified atom stereocenters. The van der Waals surface area contributed by atoms with Crippen molar-refractivity contribution in [2.24, 2.45) is 0 Å². The molecule has 1 aliphatic heterocycles. The van der Waals surface area contributed by atoms with Crippen molar-refractivity contribution in [3.63, 3.8) is 0 Å². The molecule has 1 aliphatic rings. The third-order valence-corrected chi connectivity index (χ3v) is 1.82. The van der Waals surface area contributed by atoms with E-state index in [0.717, 1.165) is 0 Å². The van der Waals surface area contributed by atoms with E-state index in [1.54, 1.807) is 0 Å². The number of piperidine rings is 1. The van der Waals surface area contributed by atoms with E-state index >= 15 is 0 Å². The molecule has 0 aliphatic carbocycles. The second-order valence-corrected chi connectivity index (χ2v) is 3.04. The molecule has 0 aromatic rings. The molecule has 1 rings (SSSR count). The summed E-state index contributed by atoms with van der Waals surface area (Å²) in [5.74, 6) is -4.03. The number of nitrogens with zero attached hydrogens (tertiary/aromatic N) is 1. The number of alkyl halides is 2. The SMILES string of the molecule is O=C([O-])CN1CCCC(F)(F)C1.[K+]. The number of hydrogen-bond donors (Lipinski definition) is 0. The van der Waals surface area contributed by atoms with Gasteiger partial charge in [0.1, 0.15) is 0 Å². The van der Waals surface area contributed by atoms with Crippen molar-refractivity contribution < 1.29 is 70.1 Å². The first-order valence-electron chi connectivity index (χ1n) is 3.80. The number of carboxylic acids is 1.